The van der Waals surface area contributed by atoms with Crippen LogP contribution in [0.25, 0.3) is 23.0 Å². The van der Waals surface area contributed by atoms with Crippen LogP contribution >= 0.6 is 0 Å². The fraction of sp³-hybridized carbons (Fsp3) is 0.190. The third-order valence-electron chi connectivity index (χ3n) is 4.95. The van der Waals surface area contributed by atoms with Crippen LogP contribution < -0.4 is 4.74 Å². The Morgan fingerprint density at radius 1 is 1.10 bits per heavy atom. The Hall–Kier alpha value is -3.52. The second kappa shape index (κ2) is 7.14. The summed E-state index contributed by atoms with van der Waals surface area (Å²) in [5.74, 6) is 1.19. The number of imidazole rings is 1. The van der Waals surface area contributed by atoms with Crippen LogP contribution in [0.4, 0.5) is 4.39 Å². The number of halogens is 1. The minimum atomic E-state index is -0.316. The summed E-state index contributed by atoms with van der Waals surface area (Å²) in [4.78, 5) is 8.86. The van der Waals surface area contributed by atoms with Crippen molar-refractivity contribution < 1.29 is 18.4 Å². The van der Waals surface area contributed by atoms with Gasteiger partial charge in [-0.3, -0.25) is 0 Å². The molecule has 0 saturated carbocycles. The summed E-state index contributed by atoms with van der Waals surface area (Å²) in [6.45, 7) is 1.01. The van der Waals surface area contributed by atoms with Crippen LogP contribution in [-0.2, 0) is 17.9 Å². The summed E-state index contributed by atoms with van der Waals surface area (Å²) in [6.07, 6.45) is 1.68. The highest BCUT2D eigenvalue weighted by molar-refractivity contribution is 5.59. The molecule has 1 aliphatic rings. The number of nitrogens with zero attached hydrogens (tertiary/aromatic N) is 4. The first-order chi connectivity index (χ1) is 14.2. The second-order valence-corrected chi connectivity index (χ2v) is 6.70. The van der Waals surface area contributed by atoms with Gasteiger partial charge in [0.15, 0.2) is 5.69 Å². The molecule has 0 N–H and O–H groups in total. The second-order valence-electron chi connectivity index (χ2n) is 6.70. The molecule has 2 aromatic heterocycles. The number of ether oxygens (including phenoxy) is 2. The molecule has 5 rings (SSSR count). The van der Waals surface area contributed by atoms with Crippen molar-refractivity contribution in [2.24, 2.45) is 0 Å². The lowest BCUT2D eigenvalue weighted by Gasteiger charge is -2.25. The molecule has 0 amide bonds. The van der Waals surface area contributed by atoms with Crippen molar-refractivity contribution in [3.63, 3.8) is 0 Å². The van der Waals surface area contributed by atoms with Gasteiger partial charge >= 0.3 is 0 Å². The first-order valence-electron chi connectivity index (χ1n) is 9.11. The number of methoxy groups -OCH3 is 1. The van der Waals surface area contributed by atoms with Crippen molar-refractivity contribution in [2.75, 3.05) is 7.11 Å². The van der Waals surface area contributed by atoms with Gasteiger partial charge in [-0.1, -0.05) is 17.3 Å². The number of fused-ring (bicyclic) bond motifs is 1. The van der Waals surface area contributed by atoms with E-state index >= 15 is 0 Å². The zero-order chi connectivity index (χ0) is 19.8. The van der Waals surface area contributed by atoms with E-state index < -0.39 is 0 Å². The molecule has 0 unspecified atom stereocenters. The summed E-state index contributed by atoms with van der Waals surface area (Å²) in [5, 5.41) is 3.99. The number of hydrogen-bond donors (Lipinski definition) is 0. The minimum Gasteiger partial charge on any atom is -0.497 e. The lowest BCUT2D eigenvalue weighted by atomic mass is 10.1. The predicted octanol–water partition coefficient (Wildman–Crippen LogP) is 4.02. The van der Waals surface area contributed by atoms with E-state index in [9.17, 15) is 4.39 Å². The van der Waals surface area contributed by atoms with Gasteiger partial charge in [-0.15, -0.1) is 0 Å². The smallest absolute Gasteiger partial charge is 0.278 e. The average Bonchev–Trinajstić information content (AvgIpc) is 3.41. The van der Waals surface area contributed by atoms with Crippen LogP contribution in [0.3, 0.4) is 0 Å². The van der Waals surface area contributed by atoms with E-state index in [2.05, 4.69) is 15.1 Å². The van der Waals surface area contributed by atoms with Gasteiger partial charge in [0.25, 0.3) is 5.89 Å². The molecule has 4 aromatic rings. The Bertz CT molecular complexity index is 1140. The van der Waals surface area contributed by atoms with Gasteiger partial charge in [-0.25, -0.2) is 9.37 Å². The van der Waals surface area contributed by atoms with E-state index in [-0.39, 0.29) is 11.9 Å². The molecule has 7 nitrogen and oxygen atoms in total. The number of rotatable bonds is 4. The number of benzene rings is 2. The van der Waals surface area contributed by atoms with E-state index in [4.69, 9.17) is 14.0 Å². The molecule has 8 heteroatoms. The number of aromatic nitrogens is 4. The van der Waals surface area contributed by atoms with Crippen LogP contribution in [0.5, 0.6) is 5.75 Å². The molecule has 3 heterocycles. The Morgan fingerprint density at radius 2 is 1.90 bits per heavy atom. The molecular formula is C21H17FN4O3. The molecule has 2 aromatic carbocycles. The molecule has 146 valence electrons. The standard InChI is InChI=1S/C21H17FN4O3/c1-27-16-8-4-13(5-9-16)18-10-26-12-23-19(17(26)11-28-18)21-24-20(25-29-21)14-2-6-15(22)7-3-14/h2-9,12,18H,10-11H2,1H3/t18-/m0/s1. The molecule has 0 saturated heterocycles. The maximum absolute atomic E-state index is 13.1. The van der Waals surface area contributed by atoms with Crippen molar-refractivity contribution in [1.82, 2.24) is 19.7 Å². The van der Waals surface area contributed by atoms with Gasteiger partial charge in [0.1, 0.15) is 17.7 Å². The van der Waals surface area contributed by atoms with E-state index in [1.807, 2.05) is 28.8 Å². The zero-order valence-electron chi connectivity index (χ0n) is 15.6. The summed E-state index contributed by atoms with van der Waals surface area (Å²) < 4.78 is 31.8. The molecule has 1 atom stereocenters. The molecule has 0 radical (unpaired) electrons. The first-order valence-corrected chi connectivity index (χ1v) is 9.11. The predicted molar refractivity (Wildman–Crippen MR) is 101 cm³/mol. The van der Waals surface area contributed by atoms with Crippen molar-refractivity contribution in [2.45, 2.75) is 19.3 Å². The van der Waals surface area contributed by atoms with Crippen molar-refractivity contribution in [1.29, 1.82) is 0 Å². The van der Waals surface area contributed by atoms with E-state index in [0.717, 1.165) is 17.0 Å². The Kier molecular flexibility index (Phi) is 4.33. The van der Waals surface area contributed by atoms with Gasteiger partial charge in [0, 0.05) is 5.56 Å². The first kappa shape index (κ1) is 17.6. The Balaban J connectivity index is 1.38. The molecule has 0 fully saturated rings. The third-order valence-corrected chi connectivity index (χ3v) is 4.95. The van der Waals surface area contributed by atoms with Gasteiger partial charge in [-0.05, 0) is 42.0 Å². The van der Waals surface area contributed by atoms with E-state index in [1.165, 1.54) is 12.1 Å². The average molecular weight is 392 g/mol. The molecule has 0 aliphatic carbocycles. The van der Waals surface area contributed by atoms with Crippen LogP contribution in [0.1, 0.15) is 17.4 Å². The molecule has 0 spiro atoms. The SMILES string of the molecule is COc1ccc([C@@H]2Cn3cnc(-c4nc(-c5ccc(F)cc5)no4)c3CO2)cc1. The summed E-state index contributed by atoms with van der Waals surface area (Å²) in [6, 6.07) is 13.8. The van der Waals surface area contributed by atoms with Gasteiger partial charge in [-0.2, -0.15) is 4.98 Å². The van der Waals surface area contributed by atoms with E-state index in [0.29, 0.717) is 36.1 Å². The van der Waals surface area contributed by atoms with Gasteiger partial charge in [0.2, 0.25) is 5.82 Å². The lowest BCUT2D eigenvalue weighted by Crippen LogP contribution is -2.20. The van der Waals surface area contributed by atoms with Crippen LogP contribution in [-0.4, -0.2) is 26.8 Å². The number of hydrogen-bond acceptors (Lipinski definition) is 6. The van der Waals surface area contributed by atoms with Crippen molar-refractivity contribution in [3.05, 3.63) is 71.9 Å². The highest BCUT2D eigenvalue weighted by Gasteiger charge is 2.26. The van der Waals surface area contributed by atoms with Crippen LogP contribution in [0, 0.1) is 5.82 Å². The minimum absolute atomic E-state index is 0.0760. The summed E-state index contributed by atoms with van der Waals surface area (Å²) in [5.41, 5.74) is 3.22. The normalized spacial score (nSPS) is 15.9. The van der Waals surface area contributed by atoms with Crippen molar-refractivity contribution >= 4 is 0 Å². The zero-order valence-corrected chi connectivity index (χ0v) is 15.6. The lowest BCUT2D eigenvalue weighted by molar-refractivity contribution is 0.00328. The third kappa shape index (κ3) is 3.27. The van der Waals surface area contributed by atoms with Gasteiger partial charge < -0.3 is 18.6 Å². The molecule has 29 heavy (non-hydrogen) atoms. The quantitative estimate of drug-likeness (QED) is 0.522. The highest BCUT2D eigenvalue weighted by Crippen LogP contribution is 2.32. The maximum Gasteiger partial charge on any atom is 0.278 e. The molecule has 0 bridgehead atoms. The Labute approximate surface area is 165 Å². The van der Waals surface area contributed by atoms with Crippen molar-refractivity contribution in [3.8, 4) is 28.7 Å². The van der Waals surface area contributed by atoms with Crippen LogP contribution in [0.2, 0.25) is 0 Å². The molecule has 1 aliphatic heterocycles. The maximum atomic E-state index is 13.1. The topological polar surface area (TPSA) is 75.2 Å². The highest BCUT2D eigenvalue weighted by atomic mass is 19.1. The monoisotopic (exact) mass is 392 g/mol. The fourth-order valence-corrected chi connectivity index (χ4v) is 3.36. The fourth-order valence-electron chi connectivity index (χ4n) is 3.36. The summed E-state index contributed by atoms with van der Waals surface area (Å²) in [7, 11) is 1.64. The Morgan fingerprint density at radius 3 is 2.66 bits per heavy atom. The summed E-state index contributed by atoms with van der Waals surface area (Å²) >= 11 is 0. The van der Waals surface area contributed by atoms with E-state index in [1.54, 1.807) is 25.6 Å². The largest absolute Gasteiger partial charge is 0.497 e. The van der Waals surface area contributed by atoms with Gasteiger partial charge in [0.05, 0.1) is 32.3 Å². The van der Waals surface area contributed by atoms with Crippen LogP contribution in [0.15, 0.2) is 59.4 Å². The molecular weight excluding hydrogens is 375 g/mol.